The first kappa shape index (κ1) is 11.5. The Bertz CT molecular complexity index is 337. The molecule has 0 radical (unpaired) electrons. The number of hydrogen-bond donors (Lipinski definition) is 1. The van der Waals surface area contributed by atoms with E-state index in [1.807, 2.05) is 14.0 Å². The van der Waals surface area contributed by atoms with E-state index in [0.29, 0.717) is 0 Å². The quantitative estimate of drug-likeness (QED) is 0.843. The largest absolute Gasteiger partial charge is 0.359 e. The lowest BCUT2D eigenvalue weighted by atomic mass is 9.97. The van der Waals surface area contributed by atoms with Crippen LogP contribution < -0.4 is 5.32 Å². The van der Waals surface area contributed by atoms with Crippen molar-refractivity contribution < 1.29 is 0 Å². The highest BCUT2D eigenvalue weighted by Crippen LogP contribution is 2.20. The molecule has 1 saturated heterocycles. The summed E-state index contributed by atoms with van der Waals surface area (Å²) in [6.07, 6.45) is 4.75. The van der Waals surface area contributed by atoms with Crippen LogP contribution in [0.5, 0.6) is 0 Å². The number of hydrogen-bond acceptors (Lipinski definition) is 3. The minimum atomic E-state index is 0.803. The van der Waals surface area contributed by atoms with E-state index in [1.165, 1.54) is 25.9 Å². The van der Waals surface area contributed by atoms with Gasteiger partial charge in [-0.2, -0.15) is 0 Å². The van der Waals surface area contributed by atoms with Crippen molar-refractivity contribution in [3.8, 4) is 0 Å². The van der Waals surface area contributed by atoms with Gasteiger partial charge < -0.3 is 14.8 Å². The topological polar surface area (TPSA) is 33.1 Å². The summed E-state index contributed by atoms with van der Waals surface area (Å²) in [5, 5.41) is 3.16. The molecule has 2 rings (SSSR count). The zero-order chi connectivity index (χ0) is 11.5. The lowest BCUT2D eigenvalue weighted by molar-refractivity contribution is 0.205. The van der Waals surface area contributed by atoms with Crippen molar-refractivity contribution in [2.24, 2.45) is 5.92 Å². The van der Waals surface area contributed by atoms with Crippen molar-refractivity contribution in [1.82, 2.24) is 14.5 Å². The predicted molar refractivity (Wildman–Crippen MR) is 66.7 cm³/mol. The molecule has 1 N–H and O–H groups in total. The Kier molecular flexibility index (Phi) is 3.49. The smallest absolute Gasteiger partial charge is 0.202 e. The molecule has 1 aliphatic heterocycles. The molecule has 4 nitrogen and oxygen atoms in total. The second-order valence-electron chi connectivity index (χ2n) is 4.85. The summed E-state index contributed by atoms with van der Waals surface area (Å²) in [5.41, 5.74) is 1.09. The Morgan fingerprint density at radius 1 is 1.44 bits per heavy atom. The highest BCUT2D eigenvalue weighted by Gasteiger charge is 2.18. The minimum Gasteiger partial charge on any atom is -0.359 e. The first-order valence-corrected chi connectivity index (χ1v) is 6.09. The van der Waals surface area contributed by atoms with Crippen LogP contribution in [0.2, 0.25) is 0 Å². The third kappa shape index (κ3) is 2.55. The highest BCUT2D eigenvalue weighted by atomic mass is 15.2. The van der Waals surface area contributed by atoms with E-state index in [2.05, 4.69) is 33.0 Å². The van der Waals surface area contributed by atoms with Crippen LogP contribution in [0.4, 0.5) is 5.95 Å². The van der Waals surface area contributed by atoms with Crippen LogP contribution in [0.3, 0.4) is 0 Å². The van der Waals surface area contributed by atoms with Crippen molar-refractivity contribution in [1.29, 1.82) is 0 Å². The maximum absolute atomic E-state index is 4.45. The normalized spacial score (nSPS) is 18.9. The van der Waals surface area contributed by atoms with E-state index in [1.54, 1.807) is 0 Å². The molecule has 0 aliphatic carbocycles. The third-order valence-corrected chi connectivity index (χ3v) is 3.41. The molecular weight excluding hydrogens is 200 g/mol. The fourth-order valence-corrected chi connectivity index (χ4v) is 2.41. The van der Waals surface area contributed by atoms with E-state index in [-0.39, 0.29) is 0 Å². The van der Waals surface area contributed by atoms with Crippen molar-refractivity contribution in [3.05, 3.63) is 11.9 Å². The molecule has 1 aromatic heterocycles. The first-order valence-electron chi connectivity index (χ1n) is 6.09. The van der Waals surface area contributed by atoms with E-state index in [9.17, 15) is 0 Å². The Hall–Kier alpha value is -1.03. The van der Waals surface area contributed by atoms with Crippen molar-refractivity contribution in [3.63, 3.8) is 0 Å². The standard InChI is InChI=1S/C12H22N4/c1-10-8-16(12(13-2)14-10)9-11-4-6-15(3)7-5-11/h8,11H,4-7,9H2,1-3H3,(H,13,14). The van der Waals surface area contributed by atoms with Gasteiger partial charge in [0.25, 0.3) is 0 Å². The van der Waals surface area contributed by atoms with Gasteiger partial charge in [-0.3, -0.25) is 0 Å². The number of nitrogens with one attached hydrogen (secondary N) is 1. The Labute approximate surface area is 97.7 Å². The van der Waals surface area contributed by atoms with Gasteiger partial charge in [0.1, 0.15) is 0 Å². The number of rotatable bonds is 3. The summed E-state index contributed by atoms with van der Waals surface area (Å²) >= 11 is 0. The van der Waals surface area contributed by atoms with E-state index in [0.717, 1.165) is 24.1 Å². The number of piperidine rings is 1. The van der Waals surface area contributed by atoms with Crippen LogP contribution in [0.1, 0.15) is 18.5 Å². The Morgan fingerprint density at radius 3 is 2.75 bits per heavy atom. The second-order valence-corrected chi connectivity index (χ2v) is 4.85. The summed E-state index contributed by atoms with van der Waals surface area (Å²) < 4.78 is 2.26. The molecule has 1 aromatic rings. The van der Waals surface area contributed by atoms with E-state index in [4.69, 9.17) is 0 Å². The first-order chi connectivity index (χ1) is 7.69. The van der Waals surface area contributed by atoms with Gasteiger partial charge in [-0.15, -0.1) is 0 Å². The average molecular weight is 222 g/mol. The molecule has 4 heteroatoms. The van der Waals surface area contributed by atoms with E-state index >= 15 is 0 Å². The number of aryl methyl sites for hydroxylation is 1. The lowest BCUT2D eigenvalue weighted by Crippen LogP contribution is -2.31. The molecule has 0 spiro atoms. The SMILES string of the molecule is CNc1nc(C)cn1CC1CCN(C)CC1. The fourth-order valence-electron chi connectivity index (χ4n) is 2.41. The average Bonchev–Trinajstić information content (AvgIpc) is 2.62. The van der Waals surface area contributed by atoms with Crippen LogP contribution in [0.15, 0.2) is 6.20 Å². The van der Waals surface area contributed by atoms with E-state index < -0.39 is 0 Å². The van der Waals surface area contributed by atoms with Gasteiger partial charge in [0.15, 0.2) is 0 Å². The zero-order valence-electron chi connectivity index (χ0n) is 10.5. The number of likely N-dealkylation sites (tertiary alicyclic amines) is 1. The Morgan fingerprint density at radius 2 is 2.12 bits per heavy atom. The van der Waals surface area contributed by atoms with Gasteiger partial charge in [0.05, 0.1) is 5.69 Å². The van der Waals surface area contributed by atoms with Gasteiger partial charge in [0.2, 0.25) is 5.95 Å². The number of imidazole rings is 1. The molecule has 1 fully saturated rings. The summed E-state index contributed by atoms with van der Waals surface area (Å²) in [6.45, 7) is 5.61. The van der Waals surface area contributed by atoms with Gasteiger partial charge in [0, 0.05) is 19.8 Å². The molecule has 16 heavy (non-hydrogen) atoms. The summed E-state index contributed by atoms with van der Waals surface area (Å²) in [7, 11) is 4.14. The van der Waals surface area contributed by atoms with Crippen molar-refractivity contribution >= 4 is 5.95 Å². The molecule has 2 heterocycles. The zero-order valence-corrected chi connectivity index (χ0v) is 10.5. The van der Waals surface area contributed by atoms with Crippen LogP contribution >= 0.6 is 0 Å². The Balaban J connectivity index is 1.97. The van der Waals surface area contributed by atoms with Crippen LogP contribution in [-0.4, -0.2) is 41.6 Å². The van der Waals surface area contributed by atoms with Crippen LogP contribution in [-0.2, 0) is 6.54 Å². The molecule has 0 amide bonds. The molecule has 90 valence electrons. The predicted octanol–water partition coefficient (Wildman–Crippen LogP) is 1.58. The monoisotopic (exact) mass is 222 g/mol. The maximum Gasteiger partial charge on any atom is 0.202 e. The van der Waals surface area contributed by atoms with Crippen molar-refractivity contribution in [2.45, 2.75) is 26.3 Å². The minimum absolute atomic E-state index is 0.803. The summed E-state index contributed by atoms with van der Waals surface area (Å²) in [6, 6.07) is 0. The fraction of sp³-hybridized carbons (Fsp3) is 0.750. The molecule has 1 aliphatic rings. The van der Waals surface area contributed by atoms with Gasteiger partial charge in [-0.25, -0.2) is 4.98 Å². The molecule has 0 aromatic carbocycles. The molecule has 0 bridgehead atoms. The summed E-state index contributed by atoms with van der Waals surface area (Å²) in [4.78, 5) is 6.86. The van der Waals surface area contributed by atoms with Gasteiger partial charge >= 0.3 is 0 Å². The second kappa shape index (κ2) is 4.87. The third-order valence-electron chi connectivity index (χ3n) is 3.41. The molecular formula is C12H22N4. The summed E-state index contributed by atoms with van der Waals surface area (Å²) in [5.74, 6) is 1.80. The molecule has 0 atom stereocenters. The van der Waals surface area contributed by atoms with Gasteiger partial charge in [-0.1, -0.05) is 0 Å². The lowest BCUT2D eigenvalue weighted by Gasteiger charge is -2.29. The number of aromatic nitrogens is 2. The van der Waals surface area contributed by atoms with Gasteiger partial charge in [-0.05, 0) is 45.8 Å². The molecule has 0 saturated carbocycles. The van der Waals surface area contributed by atoms with Crippen LogP contribution in [0, 0.1) is 12.8 Å². The number of anilines is 1. The van der Waals surface area contributed by atoms with Crippen LogP contribution in [0.25, 0.3) is 0 Å². The molecule has 0 unspecified atom stereocenters. The van der Waals surface area contributed by atoms with Crippen molar-refractivity contribution in [2.75, 3.05) is 32.5 Å². The highest BCUT2D eigenvalue weighted by molar-refractivity contribution is 5.27. The number of nitrogens with zero attached hydrogens (tertiary/aromatic N) is 3. The maximum atomic E-state index is 4.45.